The van der Waals surface area contributed by atoms with Gasteiger partial charge >= 0.3 is 0 Å². The molecule has 2 fully saturated rings. The molecule has 0 bridgehead atoms. The van der Waals surface area contributed by atoms with Crippen molar-refractivity contribution in [3.63, 3.8) is 0 Å². The van der Waals surface area contributed by atoms with Crippen molar-refractivity contribution in [3.05, 3.63) is 287 Å². The van der Waals surface area contributed by atoms with Crippen LogP contribution in [0.1, 0.15) is 157 Å². The van der Waals surface area contributed by atoms with Gasteiger partial charge in [-0.1, -0.05) is 97.1 Å². The molecule has 1 saturated heterocycles. The minimum atomic E-state index is 0.267. The second kappa shape index (κ2) is 44.5. The van der Waals surface area contributed by atoms with Crippen molar-refractivity contribution >= 4 is 75.7 Å². The Morgan fingerprint density at radius 1 is 0.466 bits per heavy atom. The van der Waals surface area contributed by atoms with E-state index in [9.17, 15) is 0 Å². The first-order chi connectivity index (χ1) is 64.2. The van der Waals surface area contributed by atoms with Crippen molar-refractivity contribution in [1.82, 2.24) is 79.8 Å². The Bertz CT molecular complexity index is 6550. The molecular weight excluding hydrogens is 1670 g/mol. The fraction of sp³-hybridized carbons (Fsp3) is 0.324. The van der Waals surface area contributed by atoms with Crippen molar-refractivity contribution < 1.29 is 4.74 Å². The number of nitrogens with zero attached hydrogens (tertiary/aromatic N) is 17. The number of thiazole rings is 1. The smallest absolute Gasteiger partial charge is 0.222 e. The second-order valence-corrected chi connectivity index (χ2v) is 35.6. The van der Waals surface area contributed by atoms with Crippen LogP contribution < -0.4 is 54.3 Å². The summed E-state index contributed by atoms with van der Waals surface area (Å²) < 4.78 is 7.33. The summed E-state index contributed by atoms with van der Waals surface area (Å²) in [5, 5.41) is 22.1. The summed E-state index contributed by atoms with van der Waals surface area (Å²) in [6, 6.07) is 57.6. The number of nitrogens with two attached hydrogens (primary N) is 5. The quantitative estimate of drug-likeness (QED) is 0.0216. The maximum Gasteiger partial charge on any atom is 0.222 e. The molecule has 686 valence electrons. The Morgan fingerprint density at radius 2 is 0.955 bits per heavy atom. The van der Waals surface area contributed by atoms with Crippen LogP contribution in [0, 0.1) is 95.9 Å². The van der Waals surface area contributed by atoms with Gasteiger partial charge in [0.25, 0.3) is 0 Å². The van der Waals surface area contributed by atoms with E-state index in [1.165, 1.54) is 103 Å². The molecule has 15 aromatic rings. The number of nitrogens with one attached hydrogen (secondary N) is 4. The number of methoxy groups -OCH3 is 1. The molecule has 1 unspecified atom stereocenters. The maximum atomic E-state index is 6.05. The molecule has 1 aliphatic carbocycles. The lowest BCUT2D eigenvalue weighted by Gasteiger charge is -2.33. The van der Waals surface area contributed by atoms with E-state index in [1.54, 1.807) is 18.4 Å². The highest BCUT2D eigenvalue weighted by atomic mass is 32.1. The number of aromatic nitrogens is 16. The van der Waals surface area contributed by atoms with Crippen LogP contribution in [0.5, 0.6) is 5.75 Å². The lowest BCUT2D eigenvalue weighted by atomic mass is 9.92. The van der Waals surface area contributed by atoms with Gasteiger partial charge in [0.05, 0.1) is 63.9 Å². The van der Waals surface area contributed by atoms with Crippen LogP contribution in [-0.2, 0) is 38.6 Å². The summed E-state index contributed by atoms with van der Waals surface area (Å²) in [6.07, 6.45) is 14.2. The highest BCUT2D eigenvalue weighted by Gasteiger charge is 2.27. The molecule has 133 heavy (non-hydrogen) atoms. The number of aryl methyl sites for hydroxylation is 12. The Morgan fingerprint density at radius 3 is 1.42 bits per heavy atom. The van der Waals surface area contributed by atoms with Gasteiger partial charge in [0, 0.05) is 150 Å². The zero-order valence-corrected chi connectivity index (χ0v) is 79.8. The van der Waals surface area contributed by atoms with E-state index >= 15 is 0 Å². The normalized spacial score (nSPS) is 13.1. The molecule has 0 spiro atoms. The average Bonchev–Trinajstić information content (AvgIpc) is 1.58. The van der Waals surface area contributed by atoms with Gasteiger partial charge in [0.1, 0.15) is 29.0 Å². The third-order valence-corrected chi connectivity index (χ3v) is 26.0. The second-order valence-electron chi connectivity index (χ2n) is 34.7. The molecule has 9 aromatic heterocycles. The van der Waals surface area contributed by atoms with Gasteiger partial charge < -0.3 is 54.3 Å². The van der Waals surface area contributed by atoms with E-state index in [4.69, 9.17) is 38.4 Å². The number of pyridine rings is 1. The highest BCUT2D eigenvalue weighted by molar-refractivity contribution is 7.09. The first kappa shape index (κ1) is 94.7. The van der Waals surface area contributed by atoms with Crippen molar-refractivity contribution in [2.75, 3.05) is 89.4 Å². The van der Waals surface area contributed by atoms with E-state index in [0.717, 1.165) is 216 Å². The van der Waals surface area contributed by atoms with E-state index in [1.807, 2.05) is 84.8 Å². The van der Waals surface area contributed by atoms with Gasteiger partial charge in [-0.3, -0.25) is 14.8 Å². The SMILES string of the molecule is COc1ccc2c(c1)CC(CCNc1cc(-c3cccc(C)c3C)nc(N)n1)=N2.Cc1cc(C)n(CCCNc2cc(-c3cccc(C)c3C)nc(N)n2)n1.Cc1cccc(-c2cc(CCC3CCCN(c4ccccn4)C3)nc(N)n2)c1C.Cc1cccc(-c2cc(CCc3cc(C4CC4)n[nH]3)nc(N)n2)c1C.Cc1cccc(-c2cc(NCCc3scnc3C)nc(N)n2)c1C. The van der Waals surface area contributed by atoms with Crippen LogP contribution in [0.25, 0.3) is 56.3 Å². The predicted octanol–water partition coefficient (Wildman–Crippen LogP) is 20.2. The average molecular weight is 1800 g/mol. The van der Waals surface area contributed by atoms with Gasteiger partial charge in [-0.25, -0.2) is 44.9 Å². The minimum Gasteiger partial charge on any atom is -0.497 e. The number of hydrogen-bond donors (Lipinski definition) is 9. The number of ether oxygens (including phenoxy) is 1. The molecular formula is C105H124N26OS. The maximum absolute atomic E-state index is 6.05. The van der Waals surface area contributed by atoms with Crippen LogP contribution in [0.4, 0.5) is 58.7 Å². The third-order valence-electron chi connectivity index (χ3n) is 25.0. The molecule has 14 N–H and O–H groups in total. The molecule has 0 amide bonds. The van der Waals surface area contributed by atoms with Gasteiger partial charge in [-0.2, -0.15) is 25.1 Å². The zero-order chi connectivity index (χ0) is 93.8. The molecule has 1 atom stereocenters. The molecule has 3 aliphatic rings. The number of piperidine rings is 1. The number of aromatic amines is 1. The predicted molar refractivity (Wildman–Crippen MR) is 543 cm³/mol. The van der Waals surface area contributed by atoms with Gasteiger partial charge in [-0.15, -0.1) is 11.3 Å². The highest BCUT2D eigenvalue weighted by Crippen LogP contribution is 2.40. The molecule has 1 saturated carbocycles. The monoisotopic (exact) mass is 1800 g/mol. The summed E-state index contributed by atoms with van der Waals surface area (Å²) in [6.45, 7) is 32.5. The van der Waals surface area contributed by atoms with Crippen LogP contribution in [0.3, 0.4) is 0 Å². The zero-order valence-electron chi connectivity index (χ0n) is 79.0. The lowest BCUT2D eigenvalue weighted by molar-refractivity contribution is 0.389. The Balaban J connectivity index is 0.000000134. The van der Waals surface area contributed by atoms with Crippen LogP contribution in [0.15, 0.2) is 187 Å². The number of benzene rings is 6. The third kappa shape index (κ3) is 25.6. The Kier molecular flexibility index (Phi) is 31.7. The summed E-state index contributed by atoms with van der Waals surface area (Å²) in [4.78, 5) is 61.3. The topological polar surface area (TPSA) is 392 Å². The van der Waals surface area contributed by atoms with E-state index in [-0.39, 0.29) is 17.8 Å². The standard InChI is InChI=1S/C24H29N5.C23H25N5O.C20H26N6.C20H23N5.C18H21N5S/c1-17-7-5-9-21(18(17)2)22-15-20(27-24(25)28-22)12-11-19-8-6-14-29(16-19)23-10-3-4-13-26-23;1-14-5-4-6-19(15(14)2)21-13-22(28-23(24)27-21)25-10-9-17-11-16-12-18(29-3)7-8-20(16)26-17;1-13-7-5-8-17(16(13)4)18-12-19(24-20(21)23-18)22-9-6-10-26-15(3)11-14(2)25-26;1-12-4-3-5-17(13(12)2)19-10-15(22-20(21)23-19)8-9-16-11-18(25-24-16)14-6-7-14;1-11-5-4-6-14(12(11)2)15-9-17(23-18(19)22-15)20-8-7-16-13(3)21-10-24-16/h3-5,7,9-10,13,15,19H,6,8,11-12,14,16H2,1-2H3,(H2,25,27,28);4-8,12-13H,9-11H2,1-3H3,(H3,24,25,27,28);5,7-8,11-12H,6,9-10H2,1-4H3,(H3,21,22,23,24);3-5,10-11,14H,6-9H2,1-2H3,(H,24,25)(H2,21,22,23);4-6,9-10H,7-8H2,1-3H3,(H3,19,20,22,23). The molecule has 27 nitrogen and oxygen atoms in total. The lowest BCUT2D eigenvalue weighted by Crippen LogP contribution is -2.36. The van der Waals surface area contributed by atoms with Crippen LogP contribution in [0.2, 0.25) is 0 Å². The summed E-state index contributed by atoms with van der Waals surface area (Å²) >= 11 is 1.68. The first-order valence-corrected chi connectivity index (χ1v) is 46.7. The van der Waals surface area contributed by atoms with Crippen molar-refractivity contribution in [3.8, 4) is 62.0 Å². The fourth-order valence-electron chi connectivity index (χ4n) is 16.6. The fourth-order valence-corrected chi connectivity index (χ4v) is 17.4. The van der Waals surface area contributed by atoms with Gasteiger partial charge in [0.15, 0.2) is 0 Å². The van der Waals surface area contributed by atoms with E-state index < -0.39 is 0 Å². The molecule has 18 rings (SSSR count). The molecule has 2 aliphatic heterocycles. The number of fused-ring (bicyclic) bond motifs is 1. The molecule has 6 aromatic carbocycles. The summed E-state index contributed by atoms with van der Waals surface area (Å²) in [5.74, 6) is 7.02. The number of nitrogen functional groups attached to an aromatic ring is 5. The Labute approximate surface area is 784 Å². The van der Waals surface area contributed by atoms with Crippen LogP contribution in [-0.4, -0.2) is 125 Å². The Hall–Kier alpha value is -14.4. The number of H-pyrrole nitrogens is 1. The molecule has 11 heterocycles. The number of rotatable bonds is 27. The van der Waals surface area contributed by atoms with Gasteiger partial charge in [-0.05, 0) is 270 Å². The van der Waals surface area contributed by atoms with E-state index in [0.29, 0.717) is 23.7 Å². The van der Waals surface area contributed by atoms with Crippen LogP contribution >= 0.6 is 11.3 Å². The van der Waals surface area contributed by atoms with Gasteiger partial charge in [0.2, 0.25) is 29.7 Å². The molecule has 28 heteroatoms. The number of anilines is 9. The number of hydrogen-bond acceptors (Lipinski definition) is 26. The summed E-state index contributed by atoms with van der Waals surface area (Å²) in [7, 11) is 1.68. The largest absolute Gasteiger partial charge is 0.497 e. The minimum absolute atomic E-state index is 0.267. The molecule has 0 radical (unpaired) electrons. The van der Waals surface area contributed by atoms with Crippen molar-refractivity contribution in [2.45, 2.75) is 180 Å². The van der Waals surface area contributed by atoms with E-state index in [2.05, 4.69) is 287 Å². The first-order valence-electron chi connectivity index (χ1n) is 45.8. The summed E-state index contributed by atoms with van der Waals surface area (Å²) in [5.41, 5.74) is 64.9. The van der Waals surface area contributed by atoms with Crippen molar-refractivity contribution in [1.29, 1.82) is 0 Å². The number of aliphatic imine (C=N–C) groups is 1. The van der Waals surface area contributed by atoms with Crippen molar-refractivity contribution in [2.24, 2.45) is 10.9 Å².